The minimum absolute atomic E-state index is 0.0705. The summed E-state index contributed by atoms with van der Waals surface area (Å²) in [6, 6.07) is 0. The van der Waals surface area contributed by atoms with Gasteiger partial charge in [-0.1, -0.05) is 6.08 Å². The first kappa shape index (κ1) is 12.4. The van der Waals surface area contributed by atoms with Gasteiger partial charge in [-0.2, -0.15) is 0 Å². The molecule has 0 saturated heterocycles. The van der Waals surface area contributed by atoms with E-state index >= 15 is 0 Å². The minimum atomic E-state index is -1.07. The zero-order valence-electron chi connectivity index (χ0n) is 8.46. The predicted octanol–water partition coefficient (Wildman–Crippen LogP) is 1.10. The highest BCUT2D eigenvalue weighted by molar-refractivity contribution is 6.01. The molecule has 0 saturated carbocycles. The molecule has 2 N–H and O–H groups in total. The van der Waals surface area contributed by atoms with Gasteiger partial charge in [-0.25, -0.2) is 4.79 Å². The maximum absolute atomic E-state index is 11.3. The van der Waals surface area contributed by atoms with Gasteiger partial charge in [-0.05, 0) is 20.3 Å². The highest BCUT2D eigenvalue weighted by Gasteiger charge is 2.11. The van der Waals surface area contributed by atoms with Crippen LogP contribution in [-0.2, 0) is 9.59 Å². The van der Waals surface area contributed by atoms with Crippen molar-refractivity contribution in [1.29, 1.82) is 0 Å². The minimum Gasteiger partial charge on any atom is -0.478 e. The number of hydrogen-bond donors (Lipinski definition) is 2. The van der Waals surface area contributed by atoms with Crippen LogP contribution in [0, 0.1) is 0 Å². The summed E-state index contributed by atoms with van der Waals surface area (Å²) in [7, 11) is 0. The molecule has 78 valence electrons. The predicted molar refractivity (Wildman–Crippen MR) is 53.8 cm³/mol. The number of carboxylic acid groups (broad SMARTS) is 1. The lowest BCUT2D eigenvalue weighted by atomic mass is 10.1. The Bertz CT molecular complexity index is 279. The molecule has 0 heterocycles. The van der Waals surface area contributed by atoms with E-state index in [1.807, 2.05) is 0 Å². The molecule has 0 aromatic carbocycles. The summed E-state index contributed by atoms with van der Waals surface area (Å²) in [4.78, 5) is 21.8. The van der Waals surface area contributed by atoms with Gasteiger partial charge in [0.15, 0.2) is 0 Å². The first-order valence-corrected chi connectivity index (χ1v) is 4.30. The number of hydrogen-bond acceptors (Lipinski definition) is 2. The third-order valence-electron chi connectivity index (χ3n) is 1.86. The molecule has 1 amide bonds. The van der Waals surface area contributed by atoms with Gasteiger partial charge in [-0.15, -0.1) is 6.58 Å². The normalized spacial score (nSPS) is 11.6. The molecule has 0 spiro atoms. The first-order chi connectivity index (χ1) is 6.50. The van der Waals surface area contributed by atoms with E-state index in [0.29, 0.717) is 13.0 Å². The van der Waals surface area contributed by atoms with Gasteiger partial charge in [0, 0.05) is 17.7 Å². The SMILES string of the molecule is C=CCCNC(=O)/C(C)=C(\C)C(=O)O. The molecule has 4 nitrogen and oxygen atoms in total. The largest absolute Gasteiger partial charge is 0.478 e. The maximum atomic E-state index is 11.3. The van der Waals surface area contributed by atoms with Gasteiger partial charge in [0.1, 0.15) is 0 Å². The third kappa shape index (κ3) is 3.89. The number of aliphatic carboxylic acids is 1. The van der Waals surface area contributed by atoms with Gasteiger partial charge in [-0.3, -0.25) is 4.79 Å². The monoisotopic (exact) mass is 197 g/mol. The van der Waals surface area contributed by atoms with Crippen molar-refractivity contribution in [3.63, 3.8) is 0 Å². The number of carbonyl (C=O) groups is 2. The zero-order chi connectivity index (χ0) is 11.1. The summed E-state index contributed by atoms with van der Waals surface area (Å²) in [6.45, 7) is 6.89. The molecule has 0 atom stereocenters. The Morgan fingerprint density at radius 3 is 2.36 bits per heavy atom. The standard InChI is InChI=1S/C10H15NO3/c1-4-5-6-11-9(12)7(2)8(3)10(13)14/h4H,1,5-6H2,2-3H3,(H,11,12)(H,13,14)/b8-7+. The number of amides is 1. The fourth-order valence-corrected chi connectivity index (χ4v) is 0.751. The molecule has 4 heteroatoms. The van der Waals surface area contributed by atoms with E-state index in [0.717, 1.165) is 0 Å². The van der Waals surface area contributed by atoms with Crippen LogP contribution in [0.4, 0.5) is 0 Å². The molecule has 0 bridgehead atoms. The molecule has 0 aliphatic heterocycles. The van der Waals surface area contributed by atoms with E-state index in [-0.39, 0.29) is 17.1 Å². The molecule has 0 aliphatic rings. The zero-order valence-corrected chi connectivity index (χ0v) is 8.46. The quantitative estimate of drug-likeness (QED) is 0.394. The molecular weight excluding hydrogens is 182 g/mol. The van der Waals surface area contributed by atoms with Gasteiger partial charge in [0.05, 0.1) is 0 Å². The van der Waals surface area contributed by atoms with Crippen LogP contribution < -0.4 is 5.32 Å². The Balaban J connectivity index is 4.31. The molecule has 0 aliphatic carbocycles. The van der Waals surface area contributed by atoms with Crippen LogP contribution in [0.5, 0.6) is 0 Å². The van der Waals surface area contributed by atoms with Crippen molar-refractivity contribution in [2.45, 2.75) is 20.3 Å². The van der Waals surface area contributed by atoms with E-state index in [9.17, 15) is 9.59 Å². The molecule has 0 rings (SSSR count). The molecule has 0 fully saturated rings. The number of nitrogens with one attached hydrogen (secondary N) is 1. The van der Waals surface area contributed by atoms with E-state index in [1.165, 1.54) is 13.8 Å². The van der Waals surface area contributed by atoms with E-state index < -0.39 is 5.97 Å². The number of rotatable bonds is 5. The van der Waals surface area contributed by atoms with Crippen molar-refractivity contribution in [3.8, 4) is 0 Å². The second-order valence-electron chi connectivity index (χ2n) is 2.89. The van der Waals surface area contributed by atoms with Crippen LogP contribution in [0.1, 0.15) is 20.3 Å². The average molecular weight is 197 g/mol. The van der Waals surface area contributed by atoms with Crippen molar-refractivity contribution >= 4 is 11.9 Å². The average Bonchev–Trinajstić information content (AvgIpc) is 2.15. The van der Waals surface area contributed by atoms with Crippen molar-refractivity contribution in [2.24, 2.45) is 0 Å². The smallest absolute Gasteiger partial charge is 0.331 e. The first-order valence-electron chi connectivity index (χ1n) is 4.30. The van der Waals surface area contributed by atoms with Crippen molar-refractivity contribution in [3.05, 3.63) is 23.8 Å². The lowest BCUT2D eigenvalue weighted by Gasteiger charge is -2.05. The molecule has 0 unspecified atom stereocenters. The number of carboxylic acids is 1. The third-order valence-corrected chi connectivity index (χ3v) is 1.86. The van der Waals surface area contributed by atoms with Gasteiger partial charge in [0.2, 0.25) is 5.91 Å². The number of carbonyl (C=O) groups excluding carboxylic acids is 1. The second kappa shape index (κ2) is 5.96. The van der Waals surface area contributed by atoms with Gasteiger partial charge in [0.25, 0.3) is 0 Å². The van der Waals surface area contributed by atoms with Gasteiger partial charge >= 0.3 is 5.97 Å². The van der Waals surface area contributed by atoms with Crippen molar-refractivity contribution in [1.82, 2.24) is 5.32 Å². The van der Waals surface area contributed by atoms with Crippen LogP contribution >= 0.6 is 0 Å². The second-order valence-corrected chi connectivity index (χ2v) is 2.89. The maximum Gasteiger partial charge on any atom is 0.331 e. The lowest BCUT2D eigenvalue weighted by molar-refractivity contribution is -0.133. The van der Waals surface area contributed by atoms with Crippen molar-refractivity contribution < 1.29 is 14.7 Å². The summed E-state index contributed by atoms with van der Waals surface area (Å²) in [5.41, 5.74) is 0.308. The molecule has 0 radical (unpaired) electrons. The Labute approximate surface area is 83.3 Å². The Hall–Kier alpha value is -1.58. The fourth-order valence-electron chi connectivity index (χ4n) is 0.751. The van der Waals surface area contributed by atoms with Crippen LogP contribution in [0.2, 0.25) is 0 Å². The Morgan fingerprint density at radius 2 is 1.93 bits per heavy atom. The van der Waals surface area contributed by atoms with Crippen LogP contribution in [0.25, 0.3) is 0 Å². The Morgan fingerprint density at radius 1 is 1.36 bits per heavy atom. The van der Waals surface area contributed by atoms with Crippen LogP contribution in [0.3, 0.4) is 0 Å². The van der Waals surface area contributed by atoms with Gasteiger partial charge < -0.3 is 10.4 Å². The Kier molecular flexibility index (Phi) is 5.29. The van der Waals surface area contributed by atoms with Crippen molar-refractivity contribution in [2.75, 3.05) is 6.54 Å². The lowest BCUT2D eigenvalue weighted by Crippen LogP contribution is -2.26. The molecule has 0 aromatic rings. The summed E-state index contributed by atoms with van der Waals surface area (Å²) in [5, 5.41) is 11.2. The summed E-state index contributed by atoms with van der Waals surface area (Å²) in [6.07, 6.45) is 2.36. The van der Waals surface area contributed by atoms with E-state index in [4.69, 9.17) is 5.11 Å². The van der Waals surface area contributed by atoms with Crippen LogP contribution in [-0.4, -0.2) is 23.5 Å². The fraction of sp³-hybridized carbons (Fsp3) is 0.400. The van der Waals surface area contributed by atoms with E-state index in [1.54, 1.807) is 6.08 Å². The molecular formula is C10H15NO3. The van der Waals surface area contributed by atoms with E-state index in [2.05, 4.69) is 11.9 Å². The van der Waals surface area contributed by atoms with Crippen LogP contribution in [0.15, 0.2) is 23.8 Å². The summed E-state index contributed by atoms with van der Waals surface area (Å²) >= 11 is 0. The highest BCUT2D eigenvalue weighted by atomic mass is 16.4. The molecule has 14 heavy (non-hydrogen) atoms. The topological polar surface area (TPSA) is 66.4 Å². The molecule has 0 aromatic heterocycles. The highest BCUT2D eigenvalue weighted by Crippen LogP contribution is 2.03. The summed E-state index contributed by atoms with van der Waals surface area (Å²) in [5.74, 6) is -1.41. The summed E-state index contributed by atoms with van der Waals surface area (Å²) < 4.78 is 0.